The van der Waals surface area contributed by atoms with Gasteiger partial charge in [-0.1, -0.05) is 0 Å². The van der Waals surface area contributed by atoms with Crippen LogP contribution in [-0.4, -0.2) is 5.11 Å². The molecular formula is C10H9FO2. The van der Waals surface area contributed by atoms with Crippen molar-refractivity contribution in [3.8, 4) is 0 Å². The van der Waals surface area contributed by atoms with Gasteiger partial charge in [0.2, 0.25) is 0 Å². The van der Waals surface area contributed by atoms with E-state index in [1.54, 1.807) is 13.0 Å². The average Bonchev–Trinajstić information content (AvgIpc) is 2.49. The summed E-state index contributed by atoms with van der Waals surface area (Å²) >= 11 is 0. The highest BCUT2D eigenvalue weighted by Gasteiger charge is 2.10. The Bertz CT molecular complexity index is 431. The fourth-order valence-electron chi connectivity index (χ4n) is 1.38. The zero-order chi connectivity index (χ0) is 9.42. The number of hydrogen-bond donors (Lipinski definition) is 1. The highest BCUT2D eigenvalue weighted by molar-refractivity contribution is 5.80. The normalized spacial score (nSPS) is 13.5. The van der Waals surface area contributed by atoms with Gasteiger partial charge in [0.25, 0.3) is 0 Å². The highest BCUT2D eigenvalue weighted by atomic mass is 19.1. The molecule has 1 N–H and O–H groups in total. The van der Waals surface area contributed by atoms with Crippen LogP contribution < -0.4 is 0 Å². The van der Waals surface area contributed by atoms with Crippen LogP contribution >= 0.6 is 0 Å². The summed E-state index contributed by atoms with van der Waals surface area (Å²) < 4.78 is 18.1. The third kappa shape index (κ3) is 1.31. The predicted octanol–water partition coefficient (Wildman–Crippen LogP) is 2.63. The Balaban J connectivity index is 2.77. The lowest BCUT2D eigenvalue weighted by atomic mass is 10.1. The number of benzene rings is 1. The zero-order valence-corrected chi connectivity index (χ0v) is 7.12. The first kappa shape index (κ1) is 8.26. The van der Waals surface area contributed by atoms with E-state index in [9.17, 15) is 9.50 Å². The third-order valence-electron chi connectivity index (χ3n) is 1.99. The Morgan fingerprint density at radius 2 is 2.23 bits per heavy atom. The van der Waals surface area contributed by atoms with E-state index in [1.165, 1.54) is 18.4 Å². The molecule has 0 saturated carbocycles. The topological polar surface area (TPSA) is 33.4 Å². The van der Waals surface area contributed by atoms with Crippen molar-refractivity contribution in [2.24, 2.45) is 0 Å². The number of furan rings is 1. The summed E-state index contributed by atoms with van der Waals surface area (Å²) in [6.45, 7) is 1.58. The highest BCUT2D eigenvalue weighted by Crippen LogP contribution is 2.26. The molecule has 13 heavy (non-hydrogen) atoms. The molecule has 68 valence electrons. The molecule has 0 saturated heterocycles. The standard InChI is InChI=1S/C10H9FO2/c1-6(12)9-5-8(11)4-7-2-3-13-10(7)9/h2-6,12H,1H3/t6-/m1/s1. The van der Waals surface area contributed by atoms with E-state index in [1.807, 2.05) is 0 Å². The molecular weight excluding hydrogens is 171 g/mol. The Morgan fingerprint density at radius 3 is 2.92 bits per heavy atom. The van der Waals surface area contributed by atoms with E-state index in [0.29, 0.717) is 16.5 Å². The van der Waals surface area contributed by atoms with E-state index < -0.39 is 6.10 Å². The molecule has 0 amide bonds. The van der Waals surface area contributed by atoms with Crippen LogP contribution in [0, 0.1) is 5.82 Å². The van der Waals surface area contributed by atoms with Crippen molar-refractivity contribution >= 4 is 11.0 Å². The smallest absolute Gasteiger partial charge is 0.139 e. The monoisotopic (exact) mass is 180 g/mol. The Hall–Kier alpha value is -1.35. The van der Waals surface area contributed by atoms with Crippen LogP contribution in [0.4, 0.5) is 4.39 Å². The lowest BCUT2D eigenvalue weighted by molar-refractivity contribution is 0.199. The fraction of sp³-hybridized carbons (Fsp3) is 0.200. The minimum absolute atomic E-state index is 0.357. The second-order valence-electron chi connectivity index (χ2n) is 3.01. The zero-order valence-electron chi connectivity index (χ0n) is 7.12. The predicted molar refractivity (Wildman–Crippen MR) is 46.8 cm³/mol. The summed E-state index contributed by atoms with van der Waals surface area (Å²) in [4.78, 5) is 0. The fourth-order valence-corrected chi connectivity index (χ4v) is 1.38. The SMILES string of the molecule is C[C@@H](O)c1cc(F)cc2ccoc12. The Labute approximate surface area is 74.6 Å². The number of rotatable bonds is 1. The quantitative estimate of drug-likeness (QED) is 0.731. The molecule has 2 aromatic rings. The van der Waals surface area contributed by atoms with Crippen LogP contribution in [-0.2, 0) is 0 Å². The lowest BCUT2D eigenvalue weighted by Crippen LogP contribution is -1.92. The second kappa shape index (κ2) is 2.85. The maximum atomic E-state index is 13.0. The van der Waals surface area contributed by atoms with Gasteiger partial charge < -0.3 is 9.52 Å². The van der Waals surface area contributed by atoms with Gasteiger partial charge in [0, 0.05) is 10.9 Å². The molecule has 0 fully saturated rings. The summed E-state index contributed by atoms with van der Waals surface area (Å²) in [6.07, 6.45) is 0.764. The van der Waals surface area contributed by atoms with Gasteiger partial charge in [-0.3, -0.25) is 0 Å². The van der Waals surface area contributed by atoms with Gasteiger partial charge in [0.05, 0.1) is 12.4 Å². The number of aliphatic hydroxyl groups is 1. The second-order valence-corrected chi connectivity index (χ2v) is 3.01. The molecule has 0 aliphatic heterocycles. The molecule has 1 aromatic heterocycles. The van der Waals surface area contributed by atoms with Crippen molar-refractivity contribution in [2.75, 3.05) is 0 Å². The van der Waals surface area contributed by atoms with Crippen molar-refractivity contribution in [2.45, 2.75) is 13.0 Å². The molecule has 1 atom stereocenters. The Morgan fingerprint density at radius 1 is 1.46 bits per heavy atom. The van der Waals surface area contributed by atoms with Gasteiger partial charge in [-0.25, -0.2) is 4.39 Å². The number of fused-ring (bicyclic) bond motifs is 1. The first-order chi connectivity index (χ1) is 6.18. The minimum atomic E-state index is -0.718. The molecule has 0 aliphatic rings. The van der Waals surface area contributed by atoms with Crippen LogP contribution in [0.25, 0.3) is 11.0 Å². The summed E-state index contributed by atoms with van der Waals surface area (Å²) in [5.74, 6) is -0.357. The molecule has 0 radical (unpaired) electrons. The molecule has 3 heteroatoms. The van der Waals surface area contributed by atoms with Crippen LogP contribution in [0.2, 0.25) is 0 Å². The van der Waals surface area contributed by atoms with Gasteiger partial charge in [-0.05, 0) is 25.1 Å². The number of hydrogen-bond acceptors (Lipinski definition) is 2. The van der Waals surface area contributed by atoms with Gasteiger partial charge >= 0.3 is 0 Å². The molecule has 1 aromatic carbocycles. The van der Waals surface area contributed by atoms with Crippen LogP contribution in [0.3, 0.4) is 0 Å². The van der Waals surface area contributed by atoms with Crippen molar-refractivity contribution in [1.29, 1.82) is 0 Å². The van der Waals surface area contributed by atoms with Gasteiger partial charge in [-0.15, -0.1) is 0 Å². The molecule has 1 heterocycles. The van der Waals surface area contributed by atoms with E-state index in [0.717, 1.165) is 0 Å². The summed E-state index contributed by atoms with van der Waals surface area (Å²) in [5.41, 5.74) is 1.04. The van der Waals surface area contributed by atoms with E-state index in [-0.39, 0.29) is 5.82 Å². The molecule has 0 bridgehead atoms. The molecule has 0 spiro atoms. The van der Waals surface area contributed by atoms with Crippen molar-refractivity contribution in [1.82, 2.24) is 0 Å². The van der Waals surface area contributed by atoms with Crippen molar-refractivity contribution < 1.29 is 13.9 Å². The van der Waals surface area contributed by atoms with E-state index >= 15 is 0 Å². The molecule has 2 nitrogen and oxygen atoms in total. The summed E-state index contributed by atoms with van der Waals surface area (Å²) in [6, 6.07) is 4.34. The van der Waals surface area contributed by atoms with Crippen molar-refractivity contribution in [3.63, 3.8) is 0 Å². The largest absolute Gasteiger partial charge is 0.464 e. The van der Waals surface area contributed by atoms with Crippen LogP contribution in [0.5, 0.6) is 0 Å². The molecule has 0 unspecified atom stereocenters. The first-order valence-corrected chi connectivity index (χ1v) is 4.03. The van der Waals surface area contributed by atoms with Gasteiger partial charge in [-0.2, -0.15) is 0 Å². The maximum Gasteiger partial charge on any atom is 0.139 e. The van der Waals surface area contributed by atoms with Gasteiger partial charge in [0.15, 0.2) is 0 Å². The molecule has 2 rings (SSSR count). The van der Waals surface area contributed by atoms with Crippen molar-refractivity contribution in [3.05, 3.63) is 35.8 Å². The average molecular weight is 180 g/mol. The summed E-state index contributed by atoms with van der Waals surface area (Å²) in [5, 5.41) is 10.0. The minimum Gasteiger partial charge on any atom is -0.464 e. The van der Waals surface area contributed by atoms with Gasteiger partial charge in [0.1, 0.15) is 11.4 Å². The summed E-state index contributed by atoms with van der Waals surface area (Å²) in [7, 11) is 0. The molecule has 0 aliphatic carbocycles. The first-order valence-electron chi connectivity index (χ1n) is 4.03. The Kier molecular flexibility index (Phi) is 1.81. The van der Waals surface area contributed by atoms with Crippen LogP contribution in [0.1, 0.15) is 18.6 Å². The number of aliphatic hydroxyl groups excluding tert-OH is 1. The maximum absolute atomic E-state index is 13.0. The third-order valence-corrected chi connectivity index (χ3v) is 1.99. The lowest BCUT2D eigenvalue weighted by Gasteiger charge is -2.04. The van der Waals surface area contributed by atoms with Crippen LogP contribution in [0.15, 0.2) is 28.9 Å². The van der Waals surface area contributed by atoms with E-state index in [2.05, 4.69) is 0 Å². The van der Waals surface area contributed by atoms with E-state index in [4.69, 9.17) is 4.42 Å². The number of halogens is 1.